The van der Waals surface area contributed by atoms with Crippen LogP contribution in [0.4, 0.5) is 10.2 Å². The molecule has 4 nitrogen and oxygen atoms in total. The number of halogens is 1. The van der Waals surface area contributed by atoms with Gasteiger partial charge in [0.05, 0.1) is 11.9 Å². The van der Waals surface area contributed by atoms with Crippen LogP contribution in [0, 0.1) is 12.7 Å². The Morgan fingerprint density at radius 3 is 2.83 bits per heavy atom. The van der Waals surface area contributed by atoms with Gasteiger partial charge in [-0.25, -0.2) is 13.9 Å². The second-order valence-corrected chi connectivity index (χ2v) is 4.11. The fourth-order valence-electron chi connectivity index (χ4n) is 1.95. The highest BCUT2D eigenvalue weighted by Crippen LogP contribution is 2.25. The van der Waals surface area contributed by atoms with Crippen molar-refractivity contribution >= 4 is 11.5 Å². The highest BCUT2D eigenvalue weighted by molar-refractivity contribution is 5.67. The lowest BCUT2D eigenvalue weighted by Gasteiger charge is -2.07. The number of hydrogen-bond acceptors (Lipinski definition) is 3. The summed E-state index contributed by atoms with van der Waals surface area (Å²) in [6.45, 7) is 1.89. The van der Waals surface area contributed by atoms with Crippen LogP contribution in [-0.2, 0) is 0 Å². The minimum Gasteiger partial charge on any atom is -0.384 e. The summed E-state index contributed by atoms with van der Waals surface area (Å²) in [5, 5.41) is 4.21. The molecule has 90 valence electrons. The van der Waals surface area contributed by atoms with E-state index in [0.717, 1.165) is 5.56 Å². The number of aryl methyl sites for hydroxylation is 1. The number of nitrogen functional groups attached to an aromatic ring is 1. The molecule has 0 radical (unpaired) electrons. The summed E-state index contributed by atoms with van der Waals surface area (Å²) in [6, 6.07) is 8.15. The van der Waals surface area contributed by atoms with E-state index < -0.39 is 0 Å². The Morgan fingerprint density at radius 2 is 2.06 bits per heavy atom. The quantitative estimate of drug-likeness (QED) is 0.713. The molecule has 1 aromatic carbocycles. The summed E-state index contributed by atoms with van der Waals surface area (Å²) in [5.41, 5.74) is 8.37. The van der Waals surface area contributed by atoms with Gasteiger partial charge in [0, 0.05) is 17.2 Å². The number of nitrogens with two attached hydrogens (primary N) is 1. The maximum Gasteiger partial charge on any atom is 0.160 e. The molecule has 3 rings (SSSR count). The van der Waals surface area contributed by atoms with Gasteiger partial charge in [-0.05, 0) is 19.1 Å². The fraction of sp³-hybridized carbons (Fsp3) is 0.0769. The molecule has 0 unspecified atom stereocenters. The predicted octanol–water partition coefficient (Wildman–Crippen LogP) is 2.43. The second kappa shape index (κ2) is 3.80. The monoisotopic (exact) mass is 242 g/mol. The molecule has 0 aliphatic carbocycles. The Morgan fingerprint density at radius 1 is 1.28 bits per heavy atom. The van der Waals surface area contributed by atoms with Crippen LogP contribution in [0.15, 0.2) is 36.5 Å². The van der Waals surface area contributed by atoms with E-state index in [9.17, 15) is 4.39 Å². The van der Waals surface area contributed by atoms with Gasteiger partial charge in [-0.2, -0.15) is 5.10 Å². The normalized spacial score (nSPS) is 11.0. The molecule has 3 aromatic rings. The van der Waals surface area contributed by atoms with Gasteiger partial charge in [0.2, 0.25) is 0 Å². The van der Waals surface area contributed by atoms with E-state index in [2.05, 4.69) is 10.1 Å². The maximum atomic E-state index is 13.8. The fourth-order valence-corrected chi connectivity index (χ4v) is 1.95. The summed E-state index contributed by atoms with van der Waals surface area (Å²) in [7, 11) is 0. The molecule has 0 atom stereocenters. The summed E-state index contributed by atoms with van der Waals surface area (Å²) >= 11 is 0. The first-order valence-corrected chi connectivity index (χ1v) is 5.52. The van der Waals surface area contributed by atoms with Gasteiger partial charge in [-0.3, -0.25) is 0 Å². The van der Waals surface area contributed by atoms with Crippen LogP contribution in [0.2, 0.25) is 0 Å². The van der Waals surface area contributed by atoms with Crippen LogP contribution >= 0.6 is 0 Å². The SMILES string of the molecule is Cc1cnn2c(-c3ccccc3F)cc(N)nc12. The van der Waals surface area contributed by atoms with Crippen molar-refractivity contribution in [2.24, 2.45) is 0 Å². The van der Waals surface area contributed by atoms with Gasteiger partial charge in [0.15, 0.2) is 5.65 Å². The van der Waals surface area contributed by atoms with Crippen molar-refractivity contribution in [1.82, 2.24) is 14.6 Å². The molecule has 0 saturated heterocycles. The summed E-state index contributed by atoms with van der Waals surface area (Å²) in [5.74, 6) is 0.0434. The van der Waals surface area contributed by atoms with Crippen molar-refractivity contribution in [3.8, 4) is 11.3 Å². The van der Waals surface area contributed by atoms with E-state index in [0.29, 0.717) is 22.7 Å². The van der Waals surface area contributed by atoms with E-state index in [1.54, 1.807) is 35.0 Å². The zero-order chi connectivity index (χ0) is 12.7. The van der Waals surface area contributed by atoms with Gasteiger partial charge in [0.1, 0.15) is 11.6 Å². The van der Waals surface area contributed by atoms with Crippen molar-refractivity contribution in [3.63, 3.8) is 0 Å². The van der Waals surface area contributed by atoms with E-state index in [1.165, 1.54) is 6.07 Å². The van der Waals surface area contributed by atoms with Crippen LogP contribution in [-0.4, -0.2) is 14.6 Å². The smallest absolute Gasteiger partial charge is 0.160 e. The molecule has 18 heavy (non-hydrogen) atoms. The number of benzene rings is 1. The second-order valence-electron chi connectivity index (χ2n) is 4.11. The molecular formula is C13H11FN4. The highest BCUT2D eigenvalue weighted by Gasteiger charge is 2.12. The Balaban J connectivity index is 2.39. The molecule has 0 aliphatic rings. The van der Waals surface area contributed by atoms with Crippen LogP contribution in [0.1, 0.15) is 5.56 Å². The molecule has 0 aliphatic heterocycles. The van der Waals surface area contributed by atoms with E-state index in [-0.39, 0.29) is 5.82 Å². The van der Waals surface area contributed by atoms with E-state index >= 15 is 0 Å². The molecule has 0 spiro atoms. The maximum absolute atomic E-state index is 13.8. The summed E-state index contributed by atoms with van der Waals surface area (Å²) in [6.07, 6.45) is 1.69. The minimum atomic E-state index is -0.308. The van der Waals surface area contributed by atoms with Gasteiger partial charge >= 0.3 is 0 Å². The first-order chi connectivity index (χ1) is 8.66. The number of anilines is 1. The standard InChI is InChI=1S/C13H11FN4/c1-8-7-16-18-11(6-12(15)17-13(8)18)9-4-2-3-5-10(9)14/h2-7H,1H3,(H2,15,17). The number of rotatable bonds is 1. The zero-order valence-electron chi connectivity index (χ0n) is 9.76. The van der Waals surface area contributed by atoms with Gasteiger partial charge in [-0.1, -0.05) is 12.1 Å². The highest BCUT2D eigenvalue weighted by atomic mass is 19.1. The lowest BCUT2D eigenvalue weighted by molar-refractivity contribution is 0.630. The Kier molecular flexibility index (Phi) is 2.26. The first-order valence-electron chi connectivity index (χ1n) is 5.52. The molecule has 2 aromatic heterocycles. The third-order valence-electron chi connectivity index (χ3n) is 2.82. The lowest BCUT2D eigenvalue weighted by atomic mass is 10.1. The molecule has 2 N–H and O–H groups in total. The number of hydrogen-bond donors (Lipinski definition) is 1. The van der Waals surface area contributed by atoms with Crippen LogP contribution in [0.5, 0.6) is 0 Å². The summed E-state index contributed by atoms with van der Waals surface area (Å²) < 4.78 is 15.4. The largest absolute Gasteiger partial charge is 0.384 e. The van der Waals surface area contributed by atoms with E-state index in [4.69, 9.17) is 5.73 Å². The Bertz CT molecular complexity index is 733. The number of fused-ring (bicyclic) bond motifs is 1. The topological polar surface area (TPSA) is 56.2 Å². The third-order valence-corrected chi connectivity index (χ3v) is 2.82. The Labute approximate surface area is 103 Å². The third kappa shape index (κ3) is 1.52. The molecule has 0 fully saturated rings. The lowest BCUT2D eigenvalue weighted by Crippen LogP contribution is -2.01. The number of aromatic nitrogens is 3. The molecule has 0 bridgehead atoms. The van der Waals surface area contributed by atoms with E-state index in [1.807, 2.05) is 6.92 Å². The van der Waals surface area contributed by atoms with Crippen molar-refractivity contribution < 1.29 is 4.39 Å². The van der Waals surface area contributed by atoms with Crippen LogP contribution < -0.4 is 5.73 Å². The van der Waals surface area contributed by atoms with Crippen molar-refractivity contribution in [2.75, 3.05) is 5.73 Å². The first kappa shape index (κ1) is 10.7. The molecule has 0 saturated carbocycles. The summed E-state index contributed by atoms with van der Waals surface area (Å²) in [4.78, 5) is 4.21. The van der Waals surface area contributed by atoms with Gasteiger partial charge in [-0.15, -0.1) is 0 Å². The van der Waals surface area contributed by atoms with Crippen LogP contribution in [0.3, 0.4) is 0 Å². The predicted molar refractivity (Wildman–Crippen MR) is 67.5 cm³/mol. The van der Waals surface area contributed by atoms with Gasteiger partial charge < -0.3 is 5.73 Å². The van der Waals surface area contributed by atoms with Crippen molar-refractivity contribution in [3.05, 3.63) is 47.9 Å². The minimum absolute atomic E-state index is 0.308. The average molecular weight is 242 g/mol. The molecular weight excluding hydrogens is 231 g/mol. The Hall–Kier alpha value is -2.43. The van der Waals surface area contributed by atoms with Crippen molar-refractivity contribution in [1.29, 1.82) is 0 Å². The average Bonchev–Trinajstić information content (AvgIpc) is 2.71. The molecule has 2 heterocycles. The van der Waals surface area contributed by atoms with Gasteiger partial charge in [0.25, 0.3) is 0 Å². The van der Waals surface area contributed by atoms with Crippen LogP contribution in [0.25, 0.3) is 16.9 Å². The molecule has 0 amide bonds. The molecule has 5 heteroatoms. The number of nitrogens with zero attached hydrogens (tertiary/aromatic N) is 3. The zero-order valence-corrected chi connectivity index (χ0v) is 9.76. The van der Waals surface area contributed by atoms with Crippen molar-refractivity contribution in [2.45, 2.75) is 6.92 Å².